The Morgan fingerprint density at radius 2 is 1.60 bits per heavy atom. The van der Waals surface area contributed by atoms with E-state index in [1.54, 1.807) is 6.92 Å². The van der Waals surface area contributed by atoms with Crippen LogP contribution in [0.3, 0.4) is 0 Å². The van der Waals surface area contributed by atoms with Gasteiger partial charge in [-0.25, -0.2) is 35.4 Å². The molecule has 0 fully saturated rings. The zero-order valence-corrected chi connectivity index (χ0v) is 17.0. The Labute approximate surface area is 170 Å². The van der Waals surface area contributed by atoms with Gasteiger partial charge in [-0.3, -0.25) is 0 Å². The lowest BCUT2D eigenvalue weighted by molar-refractivity contribution is 0.437. The van der Waals surface area contributed by atoms with Gasteiger partial charge in [0.2, 0.25) is 0 Å². The number of halogens is 5. The van der Waals surface area contributed by atoms with Crippen molar-refractivity contribution >= 4 is 15.8 Å². The van der Waals surface area contributed by atoms with E-state index in [2.05, 4.69) is 15.6 Å². The van der Waals surface area contributed by atoms with Gasteiger partial charge in [0.15, 0.2) is 39.1 Å². The average Bonchev–Trinajstić information content (AvgIpc) is 2.65. The highest BCUT2D eigenvalue weighted by molar-refractivity contribution is 7.89. The highest BCUT2D eigenvalue weighted by Gasteiger charge is 2.19. The molecule has 0 aliphatic rings. The second-order valence-corrected chi connectivity index (χ2v) is 8.62. The number of nitrogens with one attached hydrogen (secondary N) is 2. The number of sulfone groups is 1. The largest absolute Gasteiger partial charge is 0.357 e. The lowest BCUT2D eigenvalue weighted by atomic mass is 10.1. The smallest absolute Gasteiger partial charge is 0.191 e. The number of hydrogen-bond acceptors (Lipinski definition) is 3. The summed E-state index contributed by atoms with van der Waals surface area (Å²) in [5, 5.41) is 5.31. The highest BCUT2D eigenvalue weighted by atomic mass is 32.2. The molecule has 2 aromatic carbocycles. The van der Waals surface area contributed by atoms with Crippen LogP contribution in [-0.2, 0) is 28.7 Å². The first-order valence-electron chi connectivity index (χ1n) is 8.81. The van der Waals surface area contributed by atoms with E-state index in [-0.39, 0.29) is 24.3 Å². The van der Waals surface area contributed by atoms with Gasteiger partial charge in [0, 0.05) is 31.0 Å². The molecule has 0 saturated heterocycles. The van der Waals surface area contributed by atoms with Gasteiger partial charge in [-0.2, -0.15) is 0 Å². The van der Waals surface area contributed by atoms with Crippen LogP contribution < -0.4 is 10.6 Å². The van der Waals surface area contributed by atoms with Crippen molar-refractivity contribution in [3.05, 3.63) is 70.0 Å². The van der Waals surface area contributed by atoms with Crippen molar-refractivity contribution < 1.29 is 30.4 Å². The predicted octanol–water partition coefficient (Wildman–Crippen LogP) is 3.18. The van der Waals surface area contributed by atoms with Crippen LogP contribution in [0.25, 0.3) is 0 Å². The van der Waals surface area contributed by atoms with E-state index in [0.717, 1.165) is 18.4 Å². The second kappa shape index (κ2) is 9.88. The molecule has 30 heavy (non-hydrogen) atoms. The Balaban J connectivity index is 2.25. The van der Waals surface area contributed by atoms with E-state index >= 15 is 0 Å². The quantitative estimate of drug-likeness (QED) is 0.295. The fourth-order valence-electron chi connectivity index (χ4n) is 2.62. The summed E-state index contributed by atoms with van der Waals surface area (Å²) in [5.41, 5.74) is -0.198. The molecule has 2 aromatic rings. The van der Waals surface area contributed by atoms with E-state index in [0.29, 0.717) is 17.7 Å². The second-order valence-electron chi connectivity index (χ2n) is 6.48. The molecule has 0 amide bonds. The lowest BCUT2D eigenvalue weighted by Gasteiger charge is -2.14. The van der Waals surface area contributed by atoms with Crippen LogP contribution in [0.5, 0.6) is 0 Å². The molecule has 0 aliphatic heterocycles. The third kappa shape index (κ3) is 6.41. The normalized spacial score (nSPS) is 12.2. The van der Waals surface area contributed by atoms with Crippen LogP contribution in [0.4, 0.5) is 22.0 Å². The number of nitrogens with zero attached hydrogens (tertiary/aromatic N) is 1. The van der Waals surface area contributed by atoms with Gasteiger partial charge >= 0.3 is 0 Å². The van der Waals surface area contributed by atoms with Crippen LogP contribution in [0.1, 0.15) is 23.6 Å². The van der Waals surface area contributed by atoms with Crippen molar-refractivity contribution in [3.63, 3.8) is 0 Å². The van der Waals surface area contributed by atoms with Gasteiger partial charge < -0.3 is 10.6 Å². The van der Waals surface area contributed by atoms with Crippen molar-refractivity contribution in [3.8, 4) is 0 Å². The molecule has 0 radical (unpaired) electrons. The minimum Gasteiger partial charge on any atom is -0.357 e. The molecule has 0 atom stereocenters. The van der Waals surface area contributed by atoms with Crippen LogP contribution in [0, 0.1) is 29.1 Å². The summed E-state index contributed by atoms with van der Waals surface area (Å²) in [6.45, 7) is 1.28. The molecule has 0 bridgehead atoms. The number of aliphatic imine (C=N–C) groups is 1. The summed E-state index contributed by atoms with van der Waals surface area (Å²) in [5.74, 6) is -7.00. The summed E-state index contributed by atoms with van der Waals surface area (Å²) in [6.07, 6.45) is 1.04. The fraction of sp³-hybridized carbons (Fsp3) is 0.316. The van der Waals surface area contributed by atoms with Gasteiger partial charge in [-0.1, -0.05) is 6.07 Å². The van der Waals surface area contributed by atoms with Gasteiger partial charge in [0.25, 0.3) is 0 Å². The first-order valence-corrected chi connectivity index (χ1v) is 10.9. The Hall–Kier alpha value is -2.69. The molecular formula is C19H20F5N3O2S. The molecule has 0 unspecified atom stereocenters. The molecule has 11 heteroatoms. The molecule has 2 N–H and O–H groups in total. The fourth-order valence-corrected chi connectivity index (χ4v) is 3.47. The predicted molar refractivity (Wildman–Crippen MR) is 103 cm³/mol. The van der Waals surface area contributed by atoms with Crippen molar-refractivity contribution in [1.82, 2.24) is 10.6 Å². The Morgan fingerprint density at radius 3 is 2.17 bits per heavy atom. The highest BCUT2D eigenvalue weighted by Crippen LogP contribution is 2.19. The molecule has 0 saturated carbocycles. The molecule has 0 aromatic heterocycles. The molecule has 5 nitrogen and oxygen atoms in total. The zero-order chi connectivity index (χ0) is 22.5. The van der Waals surface area contributed by atoms with Crippen molar-refractivity contribution in [2.24, 2.45) is 4.99 Å². The van der Waals surface area contributed by atoms with Crippen molar-refractivity contribution in [1.29, 1.82) is 0 Å². The van der Waals surface area contributed by atoms with Crippen LogP contribution in [0.2, 0.25) is 0 Å². The van der Waals surface area contributed by atoms with E-state index in [1.807, 2.05) is 0 Å². The SMILES string of the molecule is CCNC(=NCc1cc(F)ccc1CS(C)(=O)=O)NCc1c(F)c(F)cc(F)c1F. The number of hydrogen-bond donors (Lipinski definition) is 2. The molecule has 0 spiro atoms. The lowest BCUT2D eigenvalue weighted by Crippen LogP contribution is -2.37. The van der Waals surface area contributed by atoms with Crippen molar-refractivity contribution in [2.75, 3.05) is 12.8 Å². The minimum atomic E-state index is -3.38. The van der Waals surface area contributed by atoms with Gasteiger partial charge in [0.1, 0.15) is 5.82 Å². The summed E-state index contributed by atoms with van der Waals surface area (Å²) < 4.78 is 91.0. The van der Waals surface area contributed by atoms with E-state index in [1.165, 1.54) is 6.07 Å². The first kappa shape index (κ1) is 23.6. The number of guanidine groups is 1. The zero-order valence-electron chi connectivity index (χ0n) is 16.2. The van der Waals surface area contributed by atoms with Gasteiger partial charge in [-0.15, -0.1) is 0 Å². The maximum absolute atomic E-state index is 13.8. The van der Waals surface area contributed by atoms with E-state index < -0.39 is 51.0 Å². The molecular weight excluding hydrogens is 429 g/mol. The summed E-state index contributed by atoms with van der Waals surface area (Å²) in [4.78, 5) is 4.14. The van der Waals surface area contributed by atoms with Crippen molar-refractivity contribution in [2.45, 2.75) is 25.8 Å². The number of rotatable bonds is 7. The Morgan fingerprint density at radius 1 is 0.967 bits per heavy atom. The topological polar surface area (TPSA) is 70.6 Å². The Bertz CT molecular complexity index is 1030. The Kier molecular flexibility index (Phi) is 7.77. The maximum atomic E-state index is 13.8. The summed E-state index contributed by atoms with van der Waals surface area (Å²) >= 11 is 0. The third-order valence-electron chi connectivity index (χ3n) is 3.97. The summed E-state index contributed by atoms with van der Waals surface area (Å²) in [7, 11) is -3.38. The van der Waals surface area contributed by atoms with Crippen LogP contribution >= 0.6 is 0 Å². The van der Waals surface area contributed by atoms with Gasteiger partial charge in [0.05, 0.1) is 12.3 Å². The molecule has 0 aliphatic carbocycles. The summed E-state index contributed by atoms with van der Waals surface area (Å²) in [6, 6.07) is 3.71. The first-order chi connectivity index (χ1) is 14.0. The van der Waals surface area contributed by atoms with Crippen LogP contribution in [-0.4, -0.2) is 27.2 Å². The average molecular weight is 449 g/mol. The minimum absolute atomic E-state index is 0.0236. The molecule has 2 rings (SSSR count). The van der Waals surface area contributed by atoms with E-state index in [9.17, 15) is 30.4 Å². The molecule has 164 valence electrons. The number of benzene rings is 2. The molecule has 0 heterocycles. The van der Waals surface area contributed by atoms with Crippen LogP contribution in [0.15, 0.2) is 29.3 Å². The third-order valence-corrected chi connectivity index (χ3v) is 4.81. The van der Waals surface area contributed by atoms with E-state index in [4.69, 9.17) is 0 Å². The standard InChI is InChI=1S/C19H20F5N3O2S/c1-3-25-19(27-9-14-17(23)15(21)7-16(22)18(14)24)26-8-12-6-13(20)5-4-11(12)10-30(2,28)29/h4-7H,3,8-10H2,1-2H3,(H2,25,26,27). The van der Waals surface area contributed by atoms with Gasteiger partial charge in [-0.05, 0) is 30.2 Å². The maximum Gasteiger partial charge on any atom is 0.191 e. The monoisotopic (exact) mass is 449 g/mol.